The fourth-order valence-corrected chi connectivity index (χ4v) is 4.10. The van der Waals surface area contributed by atoms with Crippen LogP contribution in [0.15, 0.2) is 42.5 Å². The molecule has 0 aliphatic carbocycles. The number of nitrogens with one attached hydrogen (secondary N) is 1. The van der Waals surface area contributed by atoms with E-state index in [1.165, 1.54) is 23.1 Å². The van der Waals surface area contributed by atoms with E-state index in [1.54, 1.807) is 45.0 Å². The number of aliphatic hydroxyl groups is 1. The van der Waals surface area contributed by atoms with E-state index < -0.39 is 23.7 Å². The van der Waals surface area contributed by atoms with Gasteiger partial charge in [-0.1, -0.05) is 6.07 Å². The van der Waals surface area contributed by atoms with E-state index in [2.05, 4.69) is 10.1 Å². The van der Waals surface area contributed by atoms with Crippen molar-refractivity contribution in [1.82, 2.24) is 5.32 Å². The van der Waals surface area contributed by atoms with Crippen LogP contribution in [-0.2, 0) is 10.2 Å². The lowest BCUT2D eigenvalue weighted by Crippen LogP contribution is -2.45. The first-order chi connectivity index (χ1) is 14.8. The van der Waals surface area contributed by atoms with Crippen LogP contribution in [0.5, 0.6) is 5.75 Å². The van der Waals surface area contributed by atoms with Crippen molar-refractivity contribution in [3.63, 3.8) is 0 Å². The van der Waals surface area contributed by atoms with Crippen molar-refractivity contribution < 1.29 is 28.2 Å². The predicted octanol–water partition coefficient (Wildman–Crippen LogP) is 4.52. The van der Waals surface area contributed by atoms with Gasteiger partial charge in [0.2, 0.25) is 5.91 Å². The first kappa shape index (κ1) is 23.7. The van der Waals surface area contributed by atoms with Crippen molar-refractivity contribution in [3.8, 4) is 5.75 Å². The second-order valence-electron chi connectivity index (χ2n) is 9.26. The van der Waals surface area contributed by atoms with Gasteiger partial charge in [-0.05, 0) is 76.9 Å². The molecule has 6 nitrogen and oxygen atoms in total. The van der Waals surface area contributed by atoms with E-state index in [0.29, 0.717) is 28.9 Å². The van der Waals surface area contributed by atoms with Gasteiger partial charge in [0.15, 0.2) is 0 Å². The Kier molecular flexibility index (Phi) is 6.29. The average Bonchev–Trinajstić information content (AvgIpc) is 2.85. The average molecular weight is 446 g/mol. The number of ether oxygens (including phenoxy) is 1. The maximum atomic E-state index is 13.3. The minimum atomic E-state index is -2.97. The van der Waals surface area contributed by atoms with Crippen LogP contribution < -0.4 is 15.0 Å². The summed E-state index contributed by atoms with van der Waals surface area (Å²) in [7, 11) is 0. The Morgan fingerprint density at radius 1 is 1.22 bits per heavy atom. The van der Waals surface area contributed by atoms with Crippen LogP contribution in [0.1, 0.15) is 57.0 Å². The quantitative estimate of drug-likeness (QED) is 0.655. The number of nitrogens with zero attached hydrogens (tertiary/aromatic N) is 1. The fourth-order valence-electron chi connectivity index (χ4n) is 4.10. The Balaban J connectivity index is 1.96. The van der Waals surface area contributed by atoms with Crippen molar-refractivity contribution in [1.29, 1.82) is 0 Å². The fraction of sp³-hybridized carbons (Fsp3) is 0.417. The number of carbonyl (C=O) groups excluding carboxylic acids is 2. The molecular weight excluding hydrogens is 418 g/mol. The first-order valence-corrected chi connectivity index (χ1v) is 10.4. The smallest absolute Gasteiger partial charge is 0.387 e. The number of benzene rings is 2. The molecule has 1 atom stereocenters. The molecule has 1 aliphatic rings. The molecule has 0 saturated carbocycles. The number of fused-ring (bicyclic) bond motifs is 1. The van der Waals surface area contributed by atoms with Crippen molar-refractivity contribution in [2.75, 3.05) is 4.90 Å². The van der Waals surface area contributed by atoms with Crippen LogP contribution in [0.2, 0.25) is 0 Å². The molecular formula is C24H28F2N2O4. The Bertz CT molecular complexity index is 1030. The van der Waals surface area contributed by atoms with Crippen molar-refractivity contribution in [3.05, 3.63) is 53.6 Å². The van der Waals surface area contributed by atoms with Gasteiger partial charge in [-0.25, -0.2) is 0 Å². The number of halogens is 2. The summed E-state index contributed by atoms with van der Waals surface area (Å²) in [5.74, 6) is -0.603. The zero-order valence-electron chi connectivity index (χ0n) is 18.8. The topological polar surface area (TPSA) is 78.9 Å². The van der Waals surface area contributed by atoms with Crippen LogP contribution in [0, 0.1) is 0 Å². The minimum absolute atomic E-state index is 0.0482. The zero-order chi connectivity index (χ0) is 23.8. The van der Waals surface area contributed by atoms with Crippen molar-refractivity contribution >= 4 is 23.2 Å². The number of aliphatic hydroxyl groups excluding tert-OH is 1. The van der Waals surface area contributed by atoms with Gasteiger partial charge in [0.25, 0.3) is 5.91 Å². The molecule has 172 valence electrons. The van der Waals surface area contributed by atoms with Gasteiger partial charge in [0, 0.05) is 17.2 Å². The predicted molar refractivity (Wildman–Crippen MR) is 118 cm³/mol. The number of anilines is 2. The van der Waals surface area contributed by atoms with Crippen LogP contribution in [0.4, 0.5) is 20.2 Å². The zero-order valence-corrected chi connectivity index (χ0v) is 18.8. The van der Waals surface area contributed by atoms with E-state index in [4.69, 9.17) is 0 Å². The second kappa shape index (κ2) is 8.50. The summed E-state index contributed by atoms with van der Waals surface area (Å²) in [4.78, 5) is 27.6. The molecule has 0 bridgehead atoms. The summed E-state index contributed by atoms with van der Waals surface area (Å²) in [6, 6.07) is 10.9. The lowest BCUT2D eigenvalue weighted by Gasteiger charge is -2.28. The molecule has 3 rings (SSSR count). The molecule has 0 aromatic heterocycles. The number of alkyl halides is 2. The molecule has 1 aliphatic heterocycles. The maximum Gasteiger partial charge on any atom is 0.387 e. The van der Waals surface area contributed by atoms with Crippen LogP contribution >= 0.6 is 0 Å². The molecule has 2 aromatic rings. The van der Waals surface area contributed by atoms with Gasteiger partial charge < -0.3 is 15.2 Å². The minimum Gasteiger partial charge on any atom is -0.435 e. The summed E-state index contributed by atoms with van der Waals surface area (Å²) in [5, 5.41) is 12.6. The molecule has 8 heteroatoms. The molecule has 2 N–H and O–H groups in total. The highest BCUT2D eigenvalue weighted by molar-refractivity contribution is 6.13. The summed E-state index contributed by atoms with van der Waals surface area (Å²) in [6.45, 7) is 5.86. The Labute approximate surface area is 186 Å². The van der Waals surface area contributed by atoms with E-state index in [9.17, 15) is 23.5 Å². The van der Waals surface area contributed by atoms with Crippen LogP contribution in [0.3, 0.4) is 0 Å². The second-order valence-corrected chi connectivity index (χ2v) is 9.26. The normalized spacial score (nSPS) is 16.2. The van der Waals surface area contributed by atoms with Crippen LogP contribution in [0.25, 0.3) is 0 Å². The van der Waals surface area contributed by atoms with Gasteiger partial charge in [0.1, 0.15) is 5.75 Å². The molecule has 0 saturated heterocycles. The number of hydrogen-bond acceptors (Lipinski definition) is 4. The molecule has 32 heavy (non-hydrogen) atoms. The Morgan fingerprint density at radius 2 is 1.91 bits per heavy atom. The van der Waals surface area contributed by atoms with Gasteiger partial charge in [-0.3, -0.25) is 14.5 Å². The van der Waals surface area contributed by atoms with Gasteiger partial charge >= 0.3 is 6.61 Å². The van der Waals surface area contributed by atoms with Crippen molar-refractivity contribution in [2.24, 2.45) is 0 Å². The summed E-state index contributed by atoms with van der Waals surface area (Å²) >= 11 is 0. The molecule has 0 unspecified atom stereocenters. The van der Waals surface area contributed by atoms with Gasteiger partial charge in [-0.15, -0.1) is 0 Å². The number of amides is 2. The Hall–Kier alpha value is -3.00. The Morgan fingerprint density at radius 3 is 2.53 bits per heavy atom. The third-order valence-electron chi connectivity index (χ3n) is 5.47. The number of carbonyl (C=O) groups is 2. The summed E-state index contributed by atoms with van der Waals surface area (Å²) < 4.78 is 29.7. The highest BCUT2D eigenvalue weighted by Crippen LogP contribution is 2.46. The standard InChI is InChI=1S/C24H28F2N2O4/c1-14(29)13-23(2,3)27-20(30)15-9-10-19-18(11-15)24(4,5)21(31)28(19)16-7-6-8-17(12-16)32-22(25)26/h6-12,14,22,29H,13H2,1-5H3,(H,27,30)/t14-/m0/s1. The third-order valence-corrected chi connectivity index (χ3v) is 5.47. The molecule has 0 fully saturated rings. The molecule has 2 aromatic carbocycles. The summed E-state index contributed by atoms with van der Waals surface area (Å²) in [6.07, 6.45) is -0.182. The SMILES string of the molecule is C[C@H](O)CC(C)(C)NC(=O)c1ccc2c(c1)C(C)(C)C(=O)N2c1cccc(OC(F)F)c1. The number of rotatable bonds is 7. The molecule has 0 radical (unpaired) electrons. The van der Waals surface area contributed by atoms with Crippen molar-refractivity contribution in [2.45, 2.75) is 64.7 Å². The highest BCUT2D eigenvalue weighted by atomic mass is 19.3. The van der Waals surface area contributed by atoms with E-state index in [0.717, 1.165) is 0 Å². The molecule has 0 spiro atoms. The number of hydrogen-bond donors (Lipinski definition) is 2. The van der Waals surface area contributed by atoms with E-state index >= 15 is 0 Å². The lowest BCUT2D eigenvalue weighted by atomic mass is 9.85. The molecule has 2 amide bonds. The van der Waals surface area contributed by atoms with E-state index in [1.807, 2.05) is 13.8 Å². The first-order valence-electron chi connectivity index (χ1n) is 10.4. The lowest BCUT2D eigenvalue weighted by molar-refractivity contribution is -0.121. The van der Waals surface area contributed by atoms with Gasteiger partial charge in [-0.2, -0.15) is 8.78 Å². The summed E-state index contributed by atoms with van der Waals surface area (Å²) in [5.41, 5.74) is 0.473. The largest absolute Gasteiger partial charge is 0.435 e. The molecule has 1 heterocycles. The highest BCUT2D eigenvalue weighted by Gasteiger charge is 2.45. The van der Waals surface area contributed by atoms with Gasteiger partial charge in [0.05, 0.1) is 22.9 Å². The maximum absolute atomic E-state index is 13.3. The monoisotopic (exact) mass is 446 g/mol. The third kappa shape index (κ3) is 4.75. The van der Waals surface area contributed by atoms with Crippen LogP contribution in [-0.4, -0.2) is 35.2 Å². The van der Waals surface area contributed by atoms with E-state index in [-0.39, 0.29) is 17.6 Å².